The molecule has 1 rings (SSSR count). The minimum Gasteiger partial charge on any atom is -0.313 e. The summed E-state index contributed by atoms with van der Waals surface area (Å²) in [4.78, 5) is 0. The third kappa shape index (κ3) is 4.80. The highest BCUT2D eigenvalue weighted by atomic mass is 32.2. The molecule has 4 nitrogen and oxygen atoms in total. The lowest BCUT2D eigenvalue weighted by atomic mass is 9.99. The Morgan fingerprint density at radius 2 is 2.06 bits per heavy atom. The fourth-order valence-corrected chi connectivity index (χ4v) is 3.17. The van der Waals surface area contributed by atoms with Gasteiger partial charge < -0.3 is 5.32 Å². The van der Waals surface area contributed by atoms with Gasteiger partial charge in [-0.1, -0.05) is 20.8 Å². The lowest BCUT2D eigenvalue weighted by molar-refractivity contribution is 0.414. The fraction of sp³-hybridized carbons (Fsp3) is 1.00. The van der Waals surface area contributed by atoms with Crippen LogP contribution in [0.25, 0.3) is 0 Å². The van der Waals surface area contributed by atoms with Gasteiger partial charge >= 0.3 is 0 Å². The zero-order chi connectivity index (χ0) is 12.2. The van der Waals surface area contributed by atoms with Crippen LogP contribution in [0.3, 0.4) is 0 Å². The average Bonchev–Trinajstić information content (AvgIpc) is 2.65. The van der Waals surface area contributed by atoms with E-state index in [-0.39, 0.29) is 11.8 Å². The van der Waals surface area contributed by atoms with Crippen molar-refractivity contribution in [2.24, 2.45) is 11.8 Å². The summed E-state index contributed by atoms with van der Waals surface area (Å²) in [6.07, 6.45) is 2.06. The Hall–Kier alpha value is -0.130. The van der Waals surface area contributed by atoms with Crippen LogP contribution in [-0.2, 0) is 10.0 Å². The zero-order valence-corrected chi connectivity index (χ0v) is 11.3. The predicted molar refractivity (Wildman–Crippen MR) is 66.8 cm³/mol. The van der Waals surface area contributed by atoms with Crippen molar-refractivity contribution in [3.63, 3.8) is 0 Å². The molecule has 2 N–H and O–H groups in total. The normalized spacial score (nSPS) is 23.9. The Morgan fingerprint density at radius 3 is 2.56 bits per heavy atom. The molecule has 1 saturated heterocycles. The van der Waals surface area contributed by atoms with E-state index in [2.05, 4.69) is 30.8 Å². The number of sulfonamides is 1. The van der Waals surface area contributed by atoms with E-state index in [9.17, 15) is 8.42 Å². The molecule has 1 heterocycles. The molecule has 0 radical (unpaired) electrons. The van der Waals surface area contributed by atoms with Crippen molar-refractivity contribution < 1.29 is 8.42 Å². The highest BCUT2D eigenvalue weighted by Gasteiger charge is 2.22. The first-order chi connectivity index (χ1) is 7.41. The monoisotopic (exact) mass is 248 g/mol. The van der Waals surface area contributed by atoms with E-state index in [1.165, 1.54) is 0 Å². The van der Waals surface area contributed by atoms with E-state index in [0.717, 1.165) is 19.4 Å². The molecule has 1 fully saturated rings. The van der Waals surface area contributed by atoms with Crippen LogP contribution in [0.1, 0.15) is 33.6 Å². The standard InChI is InChI=1S/C11H24N2O2S/c1-9(2)10(3)7-13-16(14,15)8-11-5-4-6-12-11/h9-13H,4-8H2,1-3H3. The number of rotatable bonds is 6. The van der Waals surface area contributed by atoms with Crippen molar-refractivity contribution in [2.45, 2.75) is 39.7 Å². The summed E-state index contributed by atoms with van der Waals surface area (Å²) in [5, 5.41) is 3.20. The second-order valence-electron chi connectivity index (χ2n) is 5.14. The topological polar surface area (TPSA) is 58.2 Å². The molecule has 0 aliphatic carbocycles. The van der Waals surface area contributed by atoms with Crippen molar-refractivity contribution in [1.82, 2.24) is 10.0 Å². The maximum absolute atomic E-state index is 11.8. The number of hydrogen-bond donors (Lipinski definition) is 2. The van der Waals surface area contributed by atoms with E-state index >= 15 is 0 Å². The predicted octanol–water partition coefficient (Wildman–Crippen LogP) is 0.950. The maximum atomic E-state index is 11.8. The first-order valence-corrected chi connectivity index (χ1v) is 7.76. The Labute approximate surface area is 99.2 Å². The average molecular weight is 248 g/mol. The largest absolute Gasteiger partial charge is 0.313 e. The van der Waals surface area contributed by atoms with Gasteiger partial charge in [-0.15, -0.1) is 0 Å². The Kier molecular flexibility index (Phi) is 5.21. The van der Waals surface area contributed by atoms with Crippen LogP contribution >= 0.6 is 0 Å². The first-order valence-electron chi connectivity index (χ1n) is 6.11. The van der Waals surface area contributed by atoms with E-state index in [1.807, 2.05) is 0 Å². The van der Waals surface area contributed by atoms with Crippen LogP contribution < -0.4 is 10.0 Å². The molecule has 0 aromatic carbocycles. The SMILES string of the molecule is CC(C)C(C)CNS(=O)(=O)CC1CCCN1. The molecule has 1 aliphatic heterocycles. The van der Waals surface area contributed by atoms with Crippen LogP contribution in [0.2, 0.25) is 0 Å². The third-order valence-electron chi connectivity index (χ3n) is 3.35. The van der Waals surface area contributed by atoms with E-state index in [4.69, 9.17) is 0 Å². The van der Waals surface area contributed by atoms with E-state index < -0.39 is 10.0 Å². The Balaban J connectivity index is 2.33. The summed E-state index contributed by atoms with van der Waals surface area (Å²) in [6.45, 7) is 7.78. The highest BCUT2D eigenvalue weighted by Crippen LogP contribution is 2.10. The minimum absolute atomic E-state index is 0.145. The molecule has 0 amide bonds. The Bertz CT molecular complexity index is 295. The molecule has 0 aromatic heterocycles. The van der Waals surface area contributed by atoms with Crippen molar-refractivity contribution in [1.29, 1.82) is 0 Å². The van der Waals surface area contributed by atoms with Gasteiger partial charge in [0.15, 0.2) is 0 Å². The molecular weight excluding hydrogens is 224 g/mol. The third-order valence-corrected chi connectivity index (χ3v) is 4.79. The lowest BCUT2D eigenvalue weighted by Gasteiger charge is -2.17. The second-order valence-corrected chi connectivity index (χ2v) is 7.00. The molecule has 2 unspecified atom stereocenters. The fourth-order valence-electron chi connectivity index (χ4n) is 1.72. The summed E-state index contributed by atoms with van der Waals surface area (Å²) in [5.74, 6) is 1.11. The summed E-state index contributed by atoms with van der Waals surface area (Å²) >= 11 is 0. The van der Waals surface area contributed by atoms with Gasteiger partial charge in [0.25, 0.3) is 0 Å². The molecule has 0 bridgehead atoms. The van der Waals surface area contributed by atoms with Gasteiger partial charge in [-0.3, -0.25) is 0 Å². The zero-order valence-electron chi connectivity index (χ0n) is 10.5. The van der Waals surface area contributed by atoms with Crippen molar-refractivity contribution in [3.8, 4) is 0 Å². The molecule has 0 saturated carbocycles. The molecule has 2 atom stereocenters. The van der Waals surface area contributed by atoms with Crippen molar-refractivity contribution in [3.05, 3.63) is 0 Å². The smallest absolute Gasteiger partial charge is 0.213 e. The summed E-state index contributed by atoms with van der Waals surface area (Å²) in [7, 11) is -3.11. The number of hydrogen-bond acceptors (Lipinski definition) is 3. The van der Waals surface area contributed by atoms with E-state index in [0.29, 0.717) is 18.4 Å². The van der Waals surface area contributed by atoms with Gasteiger partial charge in [0, 0.05) is 12.6 Å². The van der Waals surface area contributed by atoms with Crippen LogP contribution in [-0.4, -0.2) is 33.3 Å². The lowest BCUT2D eigenvalue weighted by Crippen LogP contribution is -2.38. The summed E-state index contributed by atoms with van der Waals surface area (Å²) in [6, 6.07) is 0.145. The summed E-state index contributed by atoms with van der Waals surface area (Å²) in [5.41, 5.74) is 0. The van der Waals surface area contributed by atoms with Crippen LogP contribution in [0.4, 0.5) is 0 Å². The number of nitrogens with one attached hydrogen (secondary N) is 2. The highest BCUT2D eigenvalue weighted by molar-refractivity contribution is 7.89. The molecule has 16 heavy (non-hydrogen) atoms. The first kappa shape index (κ1) is 13.9. The van der Waals surface area contributed by atoms with Crippen LogP contribution in [0.15, 0.2) is 0 Å². The Morgan fingerprint density at radius 1 is 1.38 bits per heavy atom. The van der Waals surface area contributed by atoms with Gasteiger partial charge in [-0.2, -0.15) is 0 Å². The molecule has 0 spiro atoms. The van der Waals surface area contributed by atoms with Gasteiger partial charge in [-0.05, 0) is 31.2 Å². The van der Waals surface area contributed by atoms with Crippen LogP contribution in [0.5, 0.6) is 0 Å². The van der Waals surface area contributed by atoms with E-state index in [1.54, 1.807) is 0 Å². The maximum Gasteiger partial charge on any atom is 0.213 e. The molecule has 96 valence electrons. The molecule has 0 aromatic rings. The molecule has 5 heteroatoms. The molecular formula is C11H24N2O2S. The van der Waals surface area contributed by atoms with Gasteiger partial charge in [0.2, 0.25) is 10.0 Å². The van der Waals surface area contributed by atoms with Crippen molar-refractivity contribution in [2.75, 3.05) is 18.8 Å². The second kappa shape index (κ2) is 5.98. The van der Waals surface area contributed by atoms with Gasteiger partial charge in [0.1, 0.15) is 0 Å². The van der Waals surface area contributed by atoms with Gasteiger partial charge in [-0.25, -0.2) is 13.1 Å². The van der Waals surface area contributed by atoms with Crippen molar-refractivity contribution >= 4 is 10.0 Å². The molecule has 1 aliphatic rings. The van der Waals surface area contributed by atoms with Gasteiger partial charge in [0.05, 0.1) is 5.75 Å². The van der Waals surface area contributed by atoms with Crippen LogP contribution in [0, 0.1) is 11.8 Å². The quantitative estimate of drug-likeness (QED) is 0.736. The minimum atomic E-state index is -3.11. The summed E-state index contributed by atoms with van der Waals surface area (Å²) < 4.78 is 26.2.